The van der Waals surface area contributed by atoms with Gasteiger partial charge in [0.05, 0.1) is 17.7 Å². The van der Waals surface area contributed by atoms with Crippen molar-refractivity contribution in [2.75, 3.05) is 11.6 Å². The number of furan rings is 1. The summed E-state index contributed by atoms with van der Waals surface area (Å²) in [6.07, 6.45) is 3.74. The van der Waals surface area contributed by atoms with Crippen LogP contribution in [0.3, 0.4) is 0 Å². The summed E-state index contributed by atoms with van der Waals surface area (Å²) in [5.74, 6) is 6.73. The third kappa shape index (κ3) is 4.78. The van der Waals surface area contributed by atoms with E-state index in [1.807, 2.05) is 43.3 Å². The van der Waals surface area contributed by atoms with Crippen molar-refractivity contribution < 1.29 is 13.6 Å². The van der Waals surface area contributed by atoms with Gasteiger partial charge in [-0.1, -0.05) is 59.8 Å². The minimum atomic E-state index is -0.401. The van der Waals surface area contributed by atoms with Crippen LogP contribution in [0.2, 0.25) is 0 Å². The van der Waals surface area contributed by atoms with Crippen molar-refractivity contribution in [3.05, 3.63) is 107 Å². The molecule has 1 aliphatic heterocycles. The highest BCUT2D eigenvalue weighted by molar-refractivity contribution is 7.99. The molecule has 0 radical (unpaired) electrons. The van der Waals surface area contributed by atoms with Crippen LogP contribution in [0, 0.1) is 12.7 Å². The van der Waals surface area contributed by atoms with Gasteiger partial charge in [-0.3, -0.25) is 10.2 Å². The summed E-state index contributed by atoms with van der Waals surface area (Å²) in [5.41, 5.74) is 6.62. The number of nitrogens with one attached hydrogen (secondary N) is 1. The number of hydrogen-bond acceptors (Lipinski definition) is 7. The van der Waals surface area contributed by atoms with Gasteiger partial charge in [0.25, 0.3) is 5.91 Å². The zero-order valence-electron chi connectivity index (χ0n) is 18.9. The summed E-state index contributed by atoms with van der Waals surface area (Å²) >= 11 is 1.16. The quantitative estimate of drug-likeness (QED) is 0.300. The maximum absolute atomic E-state index is 14.0. The molecule has 0 bridgehead atoms. The Bertz CT molecular complexity index is 1370. The van der Waals surface area contributed by atoms with E-state index in [1.165, 1.54) is 10.7 Å². The second-order valence-corrected chi connectivity index (χ2v) is 9.05. The van der Waals surface area contributed by atoms with E-state index >= 15 is 0 Å². The molecule has 0 spiro atoms. The smallest absolute Gasteiger partial charge is 0.252 e. The number of carbonyl (C=O) groups is 1. The highest BCUT2D eigenvalue weighted by Gasteiger charge is 2.32. The fourth-order valence-corrected chi connectivity index (χ4v) is 4.52. The van der Waals surface area contributed by atoms with Crippen LogP contribution >= 0.6 is 11.8 Å². The molecular formula is C25H23FN6O2S. The van der Waals surface area contributed by atoms with Crippen LogP contribution in [0.5, 0.6) is 0 Å². The number of nitrogens with two attached hydrogens (primary N) is 1. The number of halogens is 1. The third-order valence-corrected chi connectivity index (χ3v) is 6.60. The van der Waals surface area contributed by atoms with Crippen LogP contribution in [-0.2, 0) is 11.2 Å². The molecule has 0 unspecified atom stereocenters. The van der Waals surface area contributed by atoms with Gasteiger partial charge in [-0.2, -0.15) is 0 Å². The predicted octanol–water partition coefficient (Wildman–Crippen LogP) is 3.84. The molecule has 0 saturated heterocycles. The van der Waals surface area contributed by atoms with Gasteiger partial charge in [-0.05, 0) is 42.3 Å². The minimum Gasteiger partial charge on any atom is -0.467 e. The van der Waals surface area contributed by atoms with Crippen LogP contribution < -0.4 is 11.3 Å². The molecule has 8 nitrogen and oxygen atoms in total. The standard InChI is InChI=1S/C25H23FN6O2S/c1-16-8-10-17(11-9-16)20-14-21(22-7-4-12-34-22)32(30-20)24(33)15-35-25-29-28-23(31(25)27)13-18-5-2-3-6-19(18)26/h2-12,14,21,30H,13,15,27H2,1H3/t21-/m1/s1. The lowest BCUT2D eigenvalue weighted by Gasteiger charge is -2.23. The first-order valence-electron chi connectivity index (χ1n) is 11.0. The Morgan fingerprint density at radius 3 is 2.69 bits per heavy atom. The molecule has 3 N–H and O–H groups in total. The van der Waals surface area contributed by atoms with E-state index < -0.39 is 6.04 Å². The third-order valence-electron chi connectivity index (χ3n) is 5.68. The molecule has 0 fully saturated rings. The SMILES string of the molecule is Cc1ccc(C2=C[C@H](c3ccco3)N(C(=O)CSc3nnc(Cc4ccccc4F)n3N)N2)cc1. The van der Waals surface area contributed by atoms with Crippen LogP contribution in [0.25, 0.3) is 5.70 Å². The number of nitrogen functional groups attached to an aromatic ring is 1. The fraction of sp³-hybridized carbons (Fsp3) is 0.160. The van der Waals surface area contributed by atoms with Gasteiger partial charge < -0.3 is 10.3 Å². The largest absolute Gasteiger partial charge is 0.467 e. The molecule has 35 heavy (non-hydrogen) atoms. The molecule has 2 aromatic heterocycles. The first kappa shape index (κ1) is 22.7. The van der Waals surface area contributed by atoms with Crippen LogP contribution in [-0.4, -0.2) is 31.5 Å². The number of benzene rings is 2. The first-order chi connectivity index (χ1) is 17.0. The number of rotatable bonds is 7. The second-order valence-electron chi connectivity index (χ2n) is 8.11. The molecule has 0 saturated carbocycles. The number of nitrogens with zero attached hydrogens (tertiary/aromatic N) is 4. The van der Waals surface area contributed by atoms with Crippen LogP contribution in [0.15, 0.2) is 82.6 Å². The minimum absolute atomic E-state index is 0.0637. The van der Waals surface area contributed by atoms with Crippen LogP contribution in [0.1, 0.15) is 34.3 Å². The number of aryl methyl sites for hydroxylation is 1. The Morgan fingerprint density at radius 2 is 1.94 bits per heavy atom. The molecule has 1 aliphatic rings. The molecule has 1 atom stereocenters. The highest BCUT2D eigenvalue weighted by Crippen LogP contribution is 2.32. The van der Waals surface area contributed by atoms with E-state index in [-0.39, 0.29) is 23.9 Å². The van der Waals surface area contributed by atoms with Gasteiger partial charge in [0.2, 0.25) is 5.16 Å². The number of amides is 1. The Balaban J connectivity index is 1.29. The maximum Gasteiger partial charge on any atom is 0.252 e. The summed E-state index contributed by atoms with van der Waals surface area (Å²) in [4.78, 5) is 13.2. The number of carbonyl (C=O) groups excluding carboxylic acids is 1. The van der Waals surface area contributed by atoms with E-state index in [2.05, 4.69) is 15.6 Å². The highest BCUT2D eigenvalue weighted by atomic mass is 32.2. The first-order valence-corrected chi connectivity index (χ1v) is 11.9. The van der Waals surface area contributed by atoms with Gasteiger partial charge in [-0.25, -0.2) is 14.1 Å². The summed E-state index contributed by atoms with van der Waals surface area (Å²) in [5, 5.41) is 10.1. The molecule has 0 aliphatic carbocycles. The lowest BCUT2D eigenvalue weighted by atomic mass is 10.1. The number of aromatic nitrogens is 3. The Hall–Kier alpha value is -4.05. The zero-order valence-corrected chi connectivity index (χ0v) is 19.7. The van der Waals surface area contributed by atoms with Crippen molar-refractivity contribution in [1.29, 1.82) is 0 Å². The lowest BCUT2D eigenvalue weighted by Crippen LogP contribution is -2.40. The summed E-state index contributed by atoms with van der Waals surface area (Å²) in [6.45, 7) is 2.02. The Labute approximate surface area is 205 Å². The van der Waals surface area contributed by atoms with Crippen LogP contribution in [0.4, 0.5) is 4.39 Å². The summed E-state index contributed by atoms with van der Waals surface area (Å²) in [7, 11) is 0. The predicted molar refractivity (Wildman–Crippen MR) is 131 cm³/mol. The second kappa shape index (κ2) is 9.67. The monoisotopic (exact) mass is 490 g/mol. The Morgan fingerprint density at radius 1 is 1.14 bits per heavy atom. The average Bonchev–Trinajstić information content (AvgIpc) is 3.61. The number of hydrazine groups is 1. The zero-order chi connectivity index (χ0) is 24.4. The molecule has 10 heteroatoms. The van der Waals surface area contributed by atoms with Gasteiger partial charge in [0.15, 0.2) is 5.82 Å². The molecule has 3 heterocycles. The van der Waals surface area contributed by atoms with Crippen molar-refractivity contribution in [1.82, 2.24) is 25.3 Å². The van der Waals surface area contributed by atoms with Gasteiger partial charge in [-0.15, -0.1) is 10.2 Å². The van der Waals surface area contributed by atoms with Crippen molar-refractivity contribution in [2.45, 2.75) is 24.5 Å². The molecule has 5 rings (SSSR count). The molecule has 1 amide bonds. The topological polar surface area (TPSA) is 102 Å². The summed E-state index contributed by atoms with van der Waals surface area (Å²) < 4.78 is 20.9. The molecule has 4 aromatic rings. The van der Waals surface area contributed by atoms with Gasteiger partial charge >= 0.3 is 0 Å². The van der Waals surface area contributed by atoms with Gasteiger partial charge in [0.1, 0.15) is 17.6 Å². The Kier molecular flexibility index (Phi) is 6.28. The van der Waals surface area contributed by atoms with E-state index in [1.54, 1.807) is 35.5 Å². The molecule has 2 aromatic carbocycles. The van der Waals surface area contributed by atoms with Crippen molar-refractivity contribution in [3.8, 4) is 0 Å². The maximum atomic E-state index is 14.0. The molecular weight excluding hydrogens is 467 g/mol. The number of thioether (sulfide) groups is 1. The van der Waals surface area contributed by atoms with Crippen molar-refractivity contribution >= 4 is 23.4 Å². The van der Waals surface area contributed by atoms with E-state index in [9.17, 15) is 9.18 Å². The normalized spacial score (nSPS) is 15.2. The van der Waals surface area contributed by atoms with E-state index in [0.29, 0.717) is 22.3 Å². The van der Waals surface area contributed by atoms with Crippen molar-refractivity contribution in [3.63, 3.8) is 0 Å². The average molecular weight is 491 g/mol. The van der Waals surface area contributed by atoms with Gasteiger partial charge in [0, 0.05) is 6.42 Å². The van der Waals surface area contributed by atoms with Crippen molar-refractivity contribution in [2.24, 2.45) is 0 Å². The lowest BCUT2D eigenvalue weighted by molar-refractivity contribution is -0.131. The van der Waals surface area contributed by atoms with E-state index in [4.69, 9.17) is 10.3 Å². The van der Waals surface area contributed by atoms with E-state index in [0.717, 1.165) is 28.6 Å². The summed E-state index contributed by atoms with van der Waals surface area (Å²) in [6, 6.07) is 17.7. The molecule has 178 valence electrons. The number of hydrogen-bond donors (Lipinski definition) is 2. The fourth-order valence-electron chi connectivity index (χ4n) is 3.78.